The van der Waals surface area contributed by atoms with Gasteiger partial charge in [0.1, 0.15) is 11.8 Å². The molecule has 0 saturated heterocycles. The molecule has 1 N–H and O–H groups in total. The standard InChI is InChI=1S/C17H24N2O/c1-13(15-6-4-3-5-7-15)19-12-14-8-9-16(11-18)17(10-14)20-2/h8-10,13,15,19H,3-7,12H2,1-2H3/t13-/m1/s1. The Labute approximate surface area is 121 Å². The van der Waals surface area contributed by atoms with E-state index in [0.717, 1.165) is 12.5 Å². The summed E-state index contributed by atoms with van der Waals surface area (Å²) in [6, 6.07) is 8.49. The summed E-state index contributed by atoms with van der Waals surface area (Å²) in [5.74, 6) is 1.47. The van der Waals surface area contributed by atoms with Crippen molar-refractivity contribution in [2.75, 3.05) is 7.11 Å². The van der Waals surface area contributed by atoms with E-state index >= 15 is 0 Å². The predicted molar refractivity (Wildman–Crippen MR) is 80.6 cm³/mol. The number of methoxy groups -OCH3 is 1. The molecular weight excluding hydrogens is 248 g/mol. The summed E-state index contributed by atoms with van der Waals surface area (Å²) in [5.41, 5.74) is 1.76. The van der Waals surface area contributed by atoms with E-state index in [1.165, 1.54) is 37.7 Å². The summed E-state index contributed by atoms with van der Waals surface area (Å²) in [6.07, 6.45) is 6.86. The number of hydrogen-bond acceptors (Lipinski definition) is 3. The third-order valence-corrected chi connectivity index (χ3v) is 4.37. The van der Waals surface area contributed by atoms with Crippen LogP contribution in [0, 0.1) is 17.2 Å². The van der Waals surface area contributed by atoms with Crippen LogP contribution in [-0.4, -0.2) is 13.2 Å². The van der Waals surface area contributed by atoms with Crippen molar-refractivity contribution in [2.24, 2.45) is 5.92 Å². The number of ether oxygens (including phenoxy) is 1. The number of rotatable bonds is 5. The quantitative estimate of drug-likeness (QED) is 0.890. The van der Waals surface area contributed by atoms with E-state index in [2.05, 4.69) is 18.3 Å². The molecule has 0 spiro atoms. The van der Waals surface area contributed by atoms with E-state index in [1.54, 1.807) is 7.11 Å². The van der Waals surface area contributed by atoms with Crippen LogP contribution >= 0.6 is 0 Å². The van der Waals surface area contributed by atoms with Crippen LogP contribution in [0.15, 0.2) is 18.2 Å². The average Bonchev–Trinajstić information content (AvgIpc) is 2.53. The van der Waals surface area contributed by atoms with Gasteiger partial charge in [-0.15, -0.1) is 0 Å². The van der Waals surface area contributed by atoms with Gasteiger partial charge in [0.25, 0.3) is 0 Å². The monoisotopic (exact) mass is 272 g/mol. The van der Waals surface area contributed by atoms with Gasteiger partial charge in [0.15, 0.2) is 0 Å². The van der Waals surface area contributed by atoms with Gasteiger partial charge in [-0.2, -0.15) is 5.26 Å². The molecule has 20 heavy (non-hydrogen) atoms. The molecule has 0 radical (unpaired) electrons. The Morgan fingerprint density at radius 3 is 2.75 bits per heavy atom. The van der Waals surface area contributed by atoms with Crippen LogP contribution in [0.1, 0.15) is 50.2 Å². The van der Waals surface area contributed by atoms with Gasteiger partial charge >= 0.3 is 0 Å². The highest BCUT2D eigenvalue weighted by atomic mass is 16.5. The lowest BCUT2D eigenvalue weighted by Crippen LogP contribution is -2.34. The Morgan fingerprint density at radius 1 is 1.35 bits per heavy atom. The van der Waals surface area contributed by atoms with Crippen LogP contribution in [-0.2, 0) is 6.54 Å². The molecule has 0 heterocycles. The zero-order chi connectivity index (χ0) is 14.4. The van der Waals surface area contributed by atoms with Gasteiger partial charge in [0.05, 0.1) is 12.7 Å². The van der Waals surface area contributed by atoms with Gasteiger partial charge in [-0.3, -0.25) is 0 Å². The van der Waals surface area contributed by atoms with Gasteiger partial charge < -0.3 is 10.1 Å². The summed E-state index contributed by atoms with van der Waals surface area (Å²) in [6.45, 7) is 3.12. The van der Waals surface area contributed by atoms with Gasteiger partial charge in [-0.25, -0.2) is 0 Å². The minimum atomic E-state index is 0.553. The van der Waals surface area contributed by atoms with Crippen LogP contribution in [0.5, 0.6) is 5.75 Å². The fraction of sp³-hybridized carbons (Fsp3) is 0.588. The first kappa shape index (κ1) is 14.9. The maximum atomic E-state index is 8.98. The SMILES string of the molecule is COc1cc(CN[C@H](C)C2CCCCC2)ccc1C#N. The van der Waals surface area contributed by atoms with Gasteiger partial charge in [-0.05, 0) is 43.4 Å². The highest BCUT2D eigenvalue weighted by molar-refractivity contribution is 5.45. The summed E-state index contributed by atoms with van der Waals surface area (Å²) < 4.78 is 5.25. The fourth-order valence-electron chi connectivity index (χ4n) is 3.02. The molecule has 108 valence electrons. The van der Waals surface area contributed by atoms with E-state index in [4.69, 9.17) is 10.00 Å². The van der Waals surface area contributed by atoms with Crippen LogP contribution < -0.4 is 10.1 Å². The number of hydrogen-bond donors (Lipinski definition) is 1. The molecule has 2 rings (SSSR count). The molecule has 1 aliphatic rings. The molecule has 1 aromatic carbocycles. The molecule has 1 saturated carbocycles. The first-order valence-corrected chi connectivity index (χ1v) is 7.55. The lowest BCUT2D eigenvalue weighted by atomic mass is 9.84. The Balaban J connectivity index is 1.91. The topological polar surface area (TPSA) is 45.0 Å². The maximum Gasteiger partial charge on any atom is 0.136 e. The van der Waals surface area contributed by atoms with E-state index < -0.39 is 0 Å². The van der Waals surface area contributed by atoms with Crippen molar-refractivity contribution in [2.45, 2.75) is 51.6 Å². The maximum absolute atomic E-state index is 8.98. The molecule has 0 unspecified atom stereocenters. The molecule has 0 amide bonds. The van der Waals surface area contributed by atoms with Gasteiger partial charge in [-0.1, -0.05) is 25.3 Å². The van der Waals surface area contributed by atoms with Crippen molar-refractivity contribution in [1.29, 1.82) is 5.26 Å². The Kier molecular flexibility index (Phi) is 5.43. The molecule has 1 atom stereocenters. The Morgan fingerprint density at radius 2 is 2.10 bits per heavy atom. The lowest BCUT2D eigenvalue weighted by molar-refractivity contribution is 0.280. The van der Waals surface area contributed by atoms with Crippen molar-refractivity contribution in [3.05, 3.63) is 29.3 Å². The molecule has 1 aliphatic carbocycles. The summed E-state index contributed by atoms with van der Waals surface area (Å²) >= 11 is 0. The highest BCUT2D eigenvalue weighted by Gasteiger charge is 2.19. The average molecular weight is 272 g/mol. The minimum absolute atomic E-state index is 0.553. The van der Waals surface area contributed by atoms with E-state index in [-0.39, 0.29) is 0 Å². The van der Waals surface area contributed by atoms with E-state index in [9.17, 15) is 0 Å². The van der Waals surface area contributed by atoms with Crippen LogP contribution in [0.25, 0.3) is 0 Å². The summed E-state index contributed by atoms with van der Waals surface area (Å²) in [7, 11) is 1.61. The molecule has 3 nitrogen and oxygen atoms in total. The van der Waals surface area contributed by atoms with Crippen molar-refractivity contribution in [3.63, 3.8) is 0 Å². The Bertz CT molecular complexity index is 472. The van der Waals surface area contributed by atoms with E-state index in [1.807, 2.05) is 18.2 Å². The first-order chi connectivity index (χ1) is 9.74. The molecule has 0 bridgehead atoms. The van der Waals surface area contributed by atoms with Crippen LogP contribution in [0.3, 0.4) is 0 Å². The zero-order valence-corrected chi connectivity index (χ0v) is 12.5. The number of nitriles is 1. The number of nitrogens with zero attached hydrogens (tertiary/aromatic N) is 1. The first-order valence-electron chi connectivity index (χ1n) is 7.55. The molecule has 0 aromatic heterocycles. The zero-order valence-electron chi connectivity index (χ0n) is 12.5. The van der Waals surface area contributed by atoms with Gasteiger partial charge in [0.2, 0.25) is 0 Å². The van der Waals surface area contributed by atoms with Crippen molar-refractivity contribution in [3.8, 4) is 11.8 Å². The second kappa shape index (κ2) is 7.31. The predicted octanol–water partition coefficient (Wildman–Crippen LogP) is 3.63. The van der Waals surface area contributed by atoms with Crippen molar-refractivity contribution >= 4 is 0 Å². The normalized spacial score (nSPS) is 17.4. The van der Waals surface area contributed by atoms with Crippen molar-refractivity contribution in [1.82, 2.24) is 5.32 Å². The third-order valence-electron chi connectivity index (χ3n) is 4.37. The molecular formula is C17H24N2O. The second-order valence-electron chi connectivity index (χ2n) is 5.71. The third kappa shape index (κ3) is 3.74. The summed E-state index contributed by atoms with van der Waals surface area (Å²) in [5, 5.41) is 12.6. The Hall–Kier alpha value is -1.53. The van der Waals surface area contributed by atoms with Crippen LogP contribution in [0.4, 0.5) is 0 Å². The van der Waals surface area contributed by atoms with Crippen LogP contribution in [0.2, 0.25) is 0 Å². The van der Waals surface area contributed by atoms with Crippen molar-refractivity contribution < 1.29 is 4.74 Å². The molecule has 3 heteroatoms. The second-order valence-corrected chi connectivity index (χ2v) is 5.71. The molecule has 1 aromatic rings. The largest absolute Gasteiger partial charge is 0.495 e. The summed E-state index contributed by atoms with van der Waals surface area (Å²) in [4.78, 5) is 0. The highest BCUT2D eigenvalue weighted by Crippen LogP contribution is 2.26. The molecule has 0 aliphatic heterocycles. The van der Waals surface area contributed by atoms with E-state index in [0.29, 0.717) is 17.4 Å². The number of benzene rings is 1. The molecule has 1 fully saturated rings. The van der Waals surface area contributed by atoms with Gasteiger partial charge in [0, 0.05) is 12.6 Å². The fourth-order valence-corrected chi connectivity index (χ4v) is 3.02. The number of nitrogens with one attached hydrogen (secondary N) is 1. The minimum Gasteiger partial charge on any atom is -0.495 e. The smallest absolute Gasteiger partial charge is 0.136 e. The lowest BCUT2D eigenvalue weighted by Gasteiger charge is -2.28.